The highest BCUT2D eigenvalue weighted by molar-refractivity contribution is 5.85. The molecule has 1 atom stereocenters. The standard InChI is InChI=1S/C18H26N2O3.ClH/c1-22-16-4-2-14(3-5-16)12-15-6-9-20(10-7-15)18(21)17-13-23-11-8-19-17;/h2-5,15,17,19H,6-13H2,1H3;1H. The summed E-state index contributed by atoms with van der Waals surface area (Å²) in [6.45, 7) is 3.69. The lowest BCUT2D eigenvalue weighted by molar-refractivity contribution is -0.137. The molecular weight excluding hydrogens is 328 g/mol. The molecular formula is C18H27ClN2O3. The van der Waals surface area contributed by atoms with Crippen LogP contribution in [0.1, 0.15) is 18.4 Å². The van der Waals surface area contributed by atoms with Crippen molar-refractivity contribution in [2.45, 2.75) is 25.3 Å². The van der Waals surface area contributed by atoms with E-state index in [4.69, 9.17) is 9.47 Å². The third kappa shape index (κ3) is 4.85. The number of methoxy groups -OCH3 is 1. The van der Waals surface area contributed by atoms with Gasteiger partial charge in [0, 0.05) is 19.6 Å². The van der Waals surface area contributed by atoms with Gasteiger partial charge in [0.2, 0.25) is 5.91 Å². The van der Waals surface area contributed by atoms with Gasteiger partial charge in [-0.25, -0.2) is 0 Å². The normalized spacial score (nSPS) is 21.9. The summed E-state index contributed by atoms with van der Waals surface area (Å²) in [5.74, 6) is 1.76. The van der Waals surface area contributed by atoms with Gasteiger partial charge in [-0.3, -0.25) is 4.79 Å². The number of nitrogens with one attached hydrogen (secondary N) is 1. The number of piperidine rings is 1. The summed E-state index contributed by atoms with van der Waals surface area (Å²) < 4.78 is 10.6. The fraction of sp³-hybridized carbons (Fsp3) is 0.611. The number of carbonyl (C=O) groups is 1. The highest BCUT2D eigenvalue weighted by atomic mass is 35.5. The molecule has 5 nitrogen and oxygen atoms in total. The summed E-state index contributed by atoms with van der Waals surface area (Å²) in [7, 11) is 1.69. The maximum Gasteiger partial charge on any atom is 0.242 e. The van der Waals surface area contributed by atoms with E-state index < -0.39 is 0 Å². The van der Waals surface area contributed by atoms with Gasteiger partial charge in [-0.2, -0.15) is 0 Å². The van der Waals surface area contributed by atoms with Gasteiger partial charge in [0.1, 0.15) is 11.8 Å². The molecule has 134 valence electrons. The van der Waals surface area contributed by atoms with Crippen molar-refractivity contribution < 1.29 is 14.3 Å². The molecule has 2 aliphatic heterocycles. The molecule has 2 fully saturated rings. The summed E-state index contributed by atoms with van der Waals surface area (Å²) >= 11 is 0. The Hall–Kier alpha value is -1.30. The number of halogens is 1. The van der Waals surface area contributed by atoms with Crippen molar-refractivity contribution in [3.05, 3.63) is 29.8 Å². The second kappa shape index (κ2) is 9.25. The van der Waals surface area contributed by atoms with Crippen LogP contribution in [0.25, 0.3) is 0 Å². The highest BCUT2D eigenvalue weighted by Gasteiger charge is 2.29. The number of morpholine rings is 1. The lowest BCUT2D eigenvalue weighted by Crippen LogP contribution is -2.54. The summed E-state index contributed by atoms with van der Waals surface area (Å²) in [6, 6.07) is 8.16. The molecule has 0 aromatic heterocycles. The summed E-state index contributed by atoms with van der Waals surface area (Å²) in [6.07, 6.45) is 3.23. The number of benzene rings is 1. The van der Waals surface area contributed by atoms with E-state index in [1.165, 1.54) is 5.56 Å². The first-order chi connectivity index (χ1) is 11.3. The molecule has 0 aliphatic carbocycles. The summed E-state index contributed by atoms with van der Waals surface area (Å²) in [5.41, 5.74) is 1.35. The van der Waals surface area contributed by atoms with E-state index >= 15 is 0 Å². The Kier molecular flexibility index (Phi) is 7.34. The molecule has 0 radical (unpaired) electrons. The Morgan fingerprint density at radius 2 is 2.00 bits per heavy atom. The van der Waals surface area contributed by atoms with Gasteiger partial charge in [0.15, 0.2) is 0 Å². The SMILES string of the molecule is COc1ccc(CC2CCN(C(=O)C3COCCN3)CC2)cc1.Cl. The molecule has 3 rings (SSSR count). The number of likely N-dealkylation sites (tertiary alicyclic amines) is 1. The van der Waals surface area contributed by atoms with Gasteiger partial charge >= 0.3 is 0 Å². The minimum atomic E-state index is -0.151. The smallest absolute Gasteiger partial charge is 0.242 e. The monoisotopic (exact) mass is 354 g/mol. The van der Waals surface area contributed by atoms with E-state index in [-0.39, 0.29) is 24.4 Å². The quantitative estimate of drug-likeness (QED) is 0.897. The van der Waals surface area contributed by atoms with Crippen LogP contribution in [0, 0.1) is 5.92 Å². The van der Waals surface area contributed by atoms with Crippen LogP contribution in [0.3, 0.4) is 0 Å². The van der Waals surface area contributed by atoms with Crippen LogP contribution in [-0.2, 0) is 16.0 Å². The van der Waals surface area contributed by atoms with Crippen LogP contribution in [0.5, 0.6) is 5.75 Å². The highest BCUT2D eigenvalue weighted by Crippen LogP contribution is 2.23. The molecule has 2 saturated heterocycles. The third-order valence-electron chi connectivity index (χ3n) is 4.83. The fourth-order valence-corrected chi connectivity index (χ4v) is 3.40. The molecule has 1 N–H and O–H groups in total. The van der Waals surface area contributed by atoms with Crippen molar-refractivity contribution >= 4 is 18.3 Å². The molecule has 6 heteroatoms. The topological polar surface area (TPSA) is 50.8 Å². The van der Waals surface area contributed by atoms with E-state index in [1.807, 2.05) is 17.0 Å². The van der Waals surface area contributed by atoms with Crippen molar-refractivity contribution in [3.8, 4) is 5.75 Å². The predicted molar refractivity (Wildman–Crippen MR) is 95.9 cm³/mol. The molecule has 2 aliphatic rings. The van der Waals surface area contributed by atoms with Gasteiger partial charge in [-0.05, 0) is 42.9 Å². The van der Waals surface area contributed by atoms with Crippen molar-refractivity contribution in [3.63, 3.8) is 0 Å². The number of hydrogen-bond acceptors (Lipinski definition) is 4. The molecule has 0 bridgehead atoms. The van der Waals surface area contributed by atoms with E-state index in [0.717, 1.165) is 44.6 Å². The van der Waals surface area contributed by atoms with Gasteiger partial charge < -0.3 is 19.7 Å². The second-order valence-corrected chi connectivity index (χ2v) is 6.40. The van der Waals surface area contributed by atoms with Crippen LogP contribution in [-0.4, -0.2) is 56.8 Å². The molecule has 0 spiro atoms. The third-order valence-corrected chi connectivity index (χ3v) is 4.83. The Balaban J connectivity index is 0.00000208. The van der Waals surface area contributed by atoms with Crippen LogP contribution in [0.2, 0.25) is 0 Å². The first-order valence-corrected chi connectivity index (χ1v) is 8.49. The Morgan fingerprint density at radius 1 is 1.29 bits per heavy atom. The zero-order valence-electron chi connectivity index (χ0n) is 14.2. The Labute approximate surface area is 150 Å². The zero-order chi connectivity index (χ0) is 16.1. The van der Waals surface area contributed by atoms with Crippen molar-refractivity contribution in [1.29, 1.82) is 0 Å². The van der Waals surface area contributed by atoms with Crippen LogP contribution < -0.4 is 10.1 Å². The predicted octanol–water partition coefficient (Wildman–Crippen LogP) is 1.89. The number of hydrogen-bond donors (Lipinski definition) is 1. The molecule has 1 amide bonds. The zero-order valence-corrected chi connectivity index (χ0v) is 15.0. The number of nitrogens with zero attached hydrogens (tertiary/aromatic N) is 1. The lowest BCUT2D eigenvalue weighted by Gasteiger charge is -2.35. The number of amides is 1. The van der Waals surface area contributed by atoms with Gasteiger partial charge in [-0.15, -0.1) is 12.4 Å². The maximum atomic E-state index is 12.5. The summed E-state index contributed by atoms with van der Waals surface area (Å²) in [5, 5.41) is 3.25. The molecule has 24 heavy (non-hydrogen) atoms. The number of carbonyl (C=O) groups excluding carboxylic acids is 1. The van der Waals surface area contributed by atoms with Crippen LogP contribution in [0.15, 0.2) is 24.3 Å². The number of rotatable bonds is 4. The van der Waals surface area contributed by atoms with Crippen LogP contribution in [0.4, 0.5) is 0 Å². The van der Waals surface area contributed by atoms with Gasteiger partial charge in [0.05, 0.1) is 20.3 Å². The van der Waals surface area contributed by atoms with E-state index in [0.29, 0.717) is 19.1 Å². The van der Waals surface area contributed by atoms with Gasteiger partial charge in [0.25, 0.3) is 0 Å². The second-order valence-electron chi connectivity index (χ2n) is 6.40. The molecule has 2 heterocycles. The lowest BCUT2D eigenvalue weighted by atomic mass is 9.90. The number of ether oxygens (including phenoxy) is 2. The first kappa shape index (κ1) is 19.0. The largest absolute Gasteiger partial charge is 0.497 e. The molecule has 1 unspecified atom stereocenters. The van der Waals surface area contributed by atoms with E-state index in [1.54, 1.807) is 7.11 Å². The van der Waals surface area contributed by atoms with E-state index in [9.17, 15) is 4.79 Å². The summed E-state index contributed by atoms with van der Waals surface area (Å²) in [4.78, 5) is 14.5. The van der Waals surface area contributed by atoms with Crippen molar-refractivity contribution in [2.24, 2.45) is 5.92 Å². The van der Waals surface area contributed by atoms with Crippen LogP contribution >= 0.6 is 12.4 Å². The minimum absolute atomic E-state index is 0. The van der Waals surface area contributed by atoms with Crippen molar-refractivity contribution in [1.82, 2.24) is 10.2 Å². The fourth-order valence-electron chi connectivity index (χ4n) is 3.40. The molecule has 1 aromatic carbocycles. The van der Waals surface area contributed by atoms with Crippen molar-refractivity contribution in [2.75, 3.05) is 40.0 Å². The van der Waals surface area contributed by atoms with Gasteiger partial charge in [-0.1, -0.05) is 12.1 Å². The molecule has 0 saturated carbocycles. The maximum absolute atomic E-state index is 12.5. The Morgan fingerprint density at radius 3 is 2.58 bits per heavy atom. The average molecular weight is 355 g/mol. The average Bonchev–Trinajstić information content (AvgIpc) is 2.63. The Bertz CT molecular complexity index is 510. The molecule has 1 aromatic rings. The van der Waals surface area contributed by atoms with E-state index in [2.05, 4.69) is 17.4 Å². The first-order valence-electron chi connectivity index (χ1n) is 8.49. The minimum Gasteiger partial charge on any atom is -0.497 e.